The van der Waals surface area contributed by atoms with Gasteiger partial charge in [0.05, 0.1) is 18.9 Å². The van der Waals surface area contributed by atoms with E-state index in [9.17, 15) is 5.11 Å². The molecular formula is C18H25NO2. The second-order valence-corrected chi connectivity index (χ2v) is 6.05. The van der Waals surface area contributed by atoms with E-state index in [1.54, 1.807) is 6.26 Å². The Morgan fingerprint density at radius 2 is 1.95 bits per heavy atom. The highest BCUT2D eigenvalue weighted by Gasteiger charge is 2.16. The average Bonchev–Trinajstić information content (AvgIpc) is 2.91. The van der Waals surface area contributed by atoms with Gasteiger partial charge in [-0.1, -0.05) is 43.7 Å². The summed E-state index contributed by atoms with van der Waals surface area (Å²) in [5.74, 6) is 1.18. The lowest BCUT2D eigenvalue weighted by atomic mass is 10.1. The number of hydrogen-bond acceptors (Lipinski definition) is 3. The third kappa shape index (κ3) is 5.03. The van der Waals surface area contributed by atoms with Crippen molar-refractivity contribution in [2.75, 3.05) is 6.54 Å². The van der Waals surface area contributed by atoms with Crippen molar-refractivity contribution in [3.05, 3.63) is 59.5 Å². The van der Waals surface area contributed by atoms with Crippen LogP contribution in [-0.2, 0) is 13.1 Å². The third-order valence-electron chi connectivity index (χ3n) is 3.66. The van der Waals surface area contributed by atoms with E-state index < -0.39 is 0 Å². The number of aliphatic hydroxyl groups is 1. The van der Waals surface area contributed by atoms with Crippen LogP contribution >= 0.6 is 0 Å². The van der Waals surface area contributed by atoms with Gasteiger partial charge in [0.25, 0.3) is 0 Å². The van der Waals surface area contributed by atoms with Crippen molar-refractivity contribution in [1.29, 1.82) is 0 Å². The summed E-state index contributed by atoms with van der Waals surface area (Å²) in [5.41, 5.74) is 2.52. The molecule has 0 saturated heterocycles. The van der Waals surface area contributed by atoms with Gasteiger partial charge in [-0.2, -0.15) is 0 Å². The lowest BCUT2D eigenvalue weighted by Gasteiger charge is -2.26. The van der Waals surface area contributed by atoms with Crippen LogP contribution in [0.4, 0.5) is 0 Å². The molecule has 0 radical (unpaired) electrons. The van der Waals surface area contributed by atoms with Crippen LogP contribution in [-0.4, -0.2) is 22.7 Å². The molecule has 0 aliphatic carbocycles. The van der Waals surface area contributed by atoms with E-state index in [1.807, 2.05) is 26.0 Å². The molecule has 0 fully saturated rings. The molecule has 0 spiro atoms. The van der Waals surface area contributed by atoms with Gasteiger partial charge in [0, 0.05) is 13.1 Å². The minimum absolute atomic E-state index is 0.251. The van der Waals surface area contributed by atoms with E-state index in [0.717, 1.165) is 12.3 Å². The van der Waals surface area contributed by atoms with Crippen LogP contribution in [0, 0.1) is 12.8 Å². The average molecular weight is 287 g/mol. The molecule has 0 unspecified atom stereocenters. The number of aliphatic hydroxyl groups excluding tert-OH is 1. The maximum Gasteiger partial charge on any atom is 0.117 e. The quantitative estimate of drug-likeness (QED) is 0.845. The third-order valence-corrected chi connectivity index (χ3v) is 3.66. The van der Waals surface area contributed by atoms with Crippen molar-refractivity contribution in [1.82, 2.24) is 4.90 Å². The molecule has 1 aromatic heterocycles. The molecule has 2 aromatic rings. The maximum atomic E-state index is 10.2. The molecule has 2 rings (SSSR count). The Kier molecular flexibility index (Phi) is 5.59. The van der Waals surface area contributed by atoms with Gasteiger partial charge in [0.15, 0.2) is 0 Å². The van der Waals surface area contributed by atoms with Gasteiger partial charge >= 0.3 is 0 Å². The van der Waals surface area contributed by atoms with Gasteiger partial charge in [0.2, 0.25) is 0 Å². The van der Waals surface area contributed by atoms with E-state index in [2.05, 4.69) is 36.1 Å². The fourth-order valence-electron chi connectivity index (χ4n) is 2.35. The second kappa shape index (κ2) is 7.43. The summed E-state index contributed by atoms with van der Waals surface area (Å²) < 4.78 is 5.44. The smallest absolute Gasteiger partial charge is 0.117 e. The van der Waals surface area contributed by atoms with Gasteiger partial charge < -0.3 is 9.52 Å². The molecule has 114 valence electrons. The highest BCUT2D eigenvalue weighted by Crippen LogP contribution is 2.14. The van der Waals surface area contributed by atoms with Gasteiger partial charge in [-0.3, -0.25) is 4.90 Å². The van der Waals surface area contributed by atoms with Gasteiger partial charge in [0.1, 0.15) is 5.76 Å². The minimum atomic E-state index is -0.329. The molecule has 1 aromatic carbocycles. The Morgan fingerprint density at radius 3 is 2.57 bits per heavy atom. The van der Waals surface area contributed by atoms with Crippen molar-refractivity contribution in [3.63, 3.8) is 0 Å². The summed E-state index contributed by atoms with van der Waals surface area (Å²) in [5, 5.41) is 10.2. The number of furan rings is 1. The molecule has 1 heterocycles. The first-order chi connectivity index (χ1) is 10.0. The largest absolute Gasteiger partial charge is 0.468 e. The molecule has 1 N–H and O–H groups in total. The first kappa shape index (κ1) is 15.8. The zero-order valence-corrected chi connectivity index (χ0v) is 13.1. The van der Waals surface area contributed by atoms with Crippen molar-refractivity contribution in [2.45, 2.75) is 40.0 Å². The topological polar surface area (TPSA) is 36.6 Å². The molecule has 1 atom stereocenters. The summed E-state index contributed by atoms with van der Waals surface area (Å²) in [6, 6.07) is 12.4. The lowest BCUT2D eigenvalue weighted by Crippen LogP contribution is -2.34. The number of aryl methyl sites for hydroxylation is 1. The van der Waals surface area contributed by atoms with Gasteiger partial charge in [-0.25, -0.2) is 0 Å². The Hall–Kier alpha value is -1.58. The van der Waals surface area contributed by atoms with E-state index in [-0.39, 0.29) is 12.0 Å². The maximum absolute atomic E-state index is 10.2. The van der Waals surface area contributed by atoms with E-state index in [4.69, 9.17) is 4.42 Å². The number of benzene rings is 1. The van der Waals surface area contributed by atoms with E-state index in [0.29, 0.717) is 13.1 Å². The van der Waals surface area contributed by atoms with E-state index >= 15 is 0 Å². The lowest BCUT2D eigenvalue weighted by molar-refractivity contribution is 0.0671. The Bertz CT molecular complexity index is 534. The summed E-state index contributed by atoms with van der Waals surface area (Å²) >= 11 is 0. The second-order valence-electron chi connectivity index (χ2n) is 6.05. The van der Waals surface area contributed by atoms with Crippen LogP contribution < -0.4 is 0 Å². The highest BCUT2D eigenvalue weighted by atomic mass is 16.3. The number of hydrogen-bond donors (Lipinski definition) is 1. The molecule has 0 amide bonds. The summed E-state index contributed by atoms with van der Waals surface area (Å²) in [6.07, 6.45) is 1.36. The van der Waals surface area contributed by atoms with Crippen LogP contribution in [0.15, 0.2) is 47.1 Å². The van der Waals surface area contributed by atoms with Crippen LogP contribution in [0.3, 0.4) is 0 Å². The SMILES string of the molecule is Cc1cccc(CN(Cc2ccco2)C[C@@H](O)C(C)C)c1. The van der Waals surface area contributed by atoms with E-state index in [1.165, 1.54) is 11.1 Å². The summed E-state index contributed by atoms with van der Waals surface area (Å²) in [7, 11) is 0. The number of rotatable bonds is 7. The zero-order chi connectivity index (χ0) is 15.2. The fraction of sp³-hybridized carbons (Fsp3) is 0.444. The minimum Gasteiger partial charge on any atom is -0.468 e. The number of nitrogens with zero attached hydrogens (tertiary/aromatic N) is 1. The first-order valence-corrected chi connectivity index (χ1v) is 7.53. The Morgan fingerprint density at radius 1 is 1.14 bits per heavy atom. The molecule has 3 nitrogen and oxygen atoms in total. The monoisotopic (exact) mass is 287 g/mol. The molecule has 21 heavy (non-hydrogen) atoms. The zero-order valence-electron chi connectivity index (χ0n) is 13.1. The molecule has 0 saturated carbocycles. The molecule has 0 aliphatic rings. The summed E-state index contributed by atoms with van der Waals surface area (Å²) in [4.78, 5) is 2.23. The fourth-order valence-corrected chi connectivity index (χ4v) is 2.35. The highest BCUT2D eigenvalue weighted by molar-refractivity contribution is 5.22. The first-order valence-electron chi connectivity index (χ1n) is 7.53. The van der Waals surface area contributed by atoms with Crippen molar-refractivity contribution < 1.29 is 9.52 Å². The summed E-state index contributed by atoms with van der Waals surface area (Å²) in [6.45, 7) is 8.36. The van der Waals surface area contributed by atoms with Crippen molar-refractivity contribution >= 4 is 0 Å². The van der Waals surface area contributed by atoms with Gasteiger partial charge in [-0.05, 0) is 30.5 Å². The normalized spacial score (nSPS) is 13.0. The van der Waals surface area contributed by atoms with Crippen LogP contribution in [0.5, 0.6) is 0 Å². The Labute approximate surface area is 127 Å². The molecular weight excluding hydrogens is 262 g/mol. The van der Waals surface area contributed by atoms with Crippen molar-refractivity contribution in [2.24, 2.45) is 5.92 Å². The Balaban J connectivity index is 2.07. The molecule has 0 aliphatic heterocycles. The predicted molar refractivity (Wildman–Crippen MR) is 84.8 cm³/mol. The van der Waals surface area contributed by atoms with Crippen LogP contribution in [0.25, 0.3) is 0 Å². The van der Waals surface area contributed by atoms with Crippen LogP contribution in [0.1, 0.15) is 30.7 Å². The standard InChI is InChI=1S/C18H25NO2/c1-14(2)18(20)13-19(12-17-8-5-9-21-17)11-16-7-4-6-15(3)10-16/h4-10,14,18,20H,11-13H2,1-3H3/t18-/m1/s1. The van der Waals surface area contributed by atoms with Crippen molar-refractivity contribution in [3.8, 4) is 0 Å². The molecule has 0 bridgehead atoms. The predicted octanol–water partition coefficient (Wildman–Crippen LogP) is 3.61. The van der Waals surface area contributed by atoms with Crippen LogP contribution in [0.2, 0.25) is 0 Å². The van der Waals surface area contributed by atoms with Gasteiger partial charge in [-0.15, -0.1) is 0 Å². The molecule has 3 heteroatoms.